The highest BCUT2D eigenvalue weighted by Gasteiger charge is 2.27. The third-order valence-electron chi connectivity index (χ3n) is 2.51. The normalized spacial score (nSPS) is 11.5. The van der Waals surface area contributed by atoms with Gasteiger partial charge < -0.3 is 10.1 Å². The van der Waals surface area contributed by atoms with Gasteiger partial charge in [0.25, 0.3) is 0 Å². The van der Waals surface area contributed by atoms with Crippen molar-refractivity contribution >= 4 is 5.97 Å². The van der Waals surface area contributed by atoms with Crippen LogP contribution in [0.15, 0.2) is 0 Å². The largest absolute Gasteiger partial charge is 0.469 e. The Morgan fingerprint density at radius 1 is 1.27 bits per heavy atom. The molecule has 0 aromatic carbocycles. The number of carbonyl (C=O) groups is 1. The number of carbonyl (C=O) groups excluding carboxylic acids is 1. The van der Waals surface area contributed by atoms with Crippen LogP contribution in [0.2, 0.25) is 0 Å². The molecule has 0 spiro atoms. The lowest BCUT2D eigenvalue weighted by molar-refractivity contribution is -0.150. The Hall–Kier alpha value is -0.570. The molecule has 0 unspecified atom stereocenters. The molecule has 0 fully saturated rings. The second kappa shape index (κ2) is 7.69. The molecule has 0 aliphatic rings. The number of nitrogens with one attached hydrogen (secondary N) is 1. The molecule has 15 heavy (non-hydrogen) atoms. The smallest absolute Gasteiger partial charge is 0.312 e. The van der Waals surface area contributed by atoms with E-state index in [2.05, 4.69) is 12.2 Å². The lowest BCUT2D eigenvalue weighted by Gasteiger charge is -2.21. The zero-order chi connectivity index (χ0) is 11.7. The van der Waals surface area contributed by atoms with Crippen LogP contribution in [0.1, 0.15) is 46.5 Å². The lowest BCUT2D eigenvalue weighted by Crippen LogP contribution is -2.37. The maximum atomic E-state index is 11.3. The molecule has 0 amide bonds. The summed E-state index contributed by atoms with van der Waals surface area (Å²) in [4.78, 5) is 11.3. The number of hydrogen-bond donors (Lipinski definition) is 1. The van der Waals surface area contributed by atoms with Crippen molar-refractivity contribution in [3.8, 4) is 0 Å². The topological polar surface area (TPSA) is 38.3 Å². The minimum absolute atomic E-state index is 0.149. The summed E-state index contributed by atoms with van der Waals surface area (Å²) in [5, 5.41) is 3.30. The highest BCUT2D eigenvalue weighted by molar-refractivity contribution is 5.75. The quantitative estimate of drug-likeness (QED) is 0.499. The number of rotatable bonds is 8. The Labute approximate surface area is 93.6 Å². The number of methoxy groups -OCH3 is 1. The van der Waals surface area contributed by atoms with E-state index >= 15 is 0 Å². The van der Waals surface area contributed by atoms with Crippen molar-refractivity contribution in [2.75, 3.05) is 20.2 Å². The summed E-state index contributed by atoms with van der Waals surface area (Å²) in [5.74, 6) is -0.149. The van der Waals surface area contributed by atoms with E-state index in [9.17, 15) is 4.79 Å². The summed E-state index contributed by atoms with van der Waals surface area (Å²) in [5.41, 5.74) is -0.417. The Balaban J connectivity index is 3.53. The monoisotopic (exact) mass is 215 g/mol. The van der Waals surface area contributed by atoms with E-state index in [1.165, 1.54) is 32.8 Å². The van der Waals surface area contributed by atoms with Crippen LogP contribution >= 0.6 is 0 Å². The van der Waals surface area contributed by atoms with Crippen LogP contribution in [-0.2, 0) is 9.53 Å². The minimum Gasteiger partial charge on any atom is -0.469 e. The minimum atomic E-state index is -0.417. The molecule has 0 atom stereocenters. The highest BCUT2D eigenvalue weighted by atomic mass is 16.5. The summed E-state index contributed by atoms with van der Waals surface area (Å²) in [6, 6.07) is 0. The van der Waals surface area contributed by atoms with Crippen molar-refractivity contribution in [2.24, 2.45) is 5.41 Å². The molecule has 90 valence electrons. The Kier molecular flexibility index (Phi) is 7.39. The van der Waals surface area contributed by atoms with Crippen LogP contribution in [0.25, 0.3) is 0 Å². The van der Waals surface area contributed by atoms with Crippen LogP contribution in [0.4, 0.5) is 0 Å². The Bertz CT molecular complexity index is 178. The van der Waals surface area contributed by atoms with E-state index in [-0.39, 0.29) is 5.97 Å². The summed E-state index contributed by atoms with van der Waals surface area (Å²) >= 11 is 0. The Morgan fingerprint density at radius 3 is 2.47 bits per heavy atom. The van der Waals surface area contributed by atoms with Gasteiger partial charge in [-0.2, -0.15) is 0 Å². The van der Waals surface area contributed by atoms with Gasteiger partial charge in [-0.05, 0) is 26.8 Å². The molecule has 0 aromatic heterocycles. The average Bonchev–Trinajstić information content (AvgIpc) is 2.22. The first kappa shape index (κ1) is 14.4. The molecule has 0 saturated carbocycles. The number of esters is 1. The van der Waals surface area contributed by atoms with Crippen LogP contribution < -0.4 is 5.32 Å². The SMILES string of the molecule is CCCCCCNCC(C)(C)C(=O)OC. The predicted octanol–water partition coefficient (Wildman–Crippen LogP) is 2.36. The fraction of sp³-hybridized carbons (Fsp3) is 0.917. The maximum Gasteiger partial charge on any atom is 0.312 e. The second-order valence-corrected chi connectivity index (χ2v) is 4.61. The van der Waals surface area contributed by atoms with Crippen molar-refractivity contribution in [1.82, 2.24) is 5.32 Å². The third-order valence-corrected chi connectivity index (χ3v) is 2.51. The van der Waals surface area contributed by atoms with Gasteiger partial charge in [0.05, 0.1) is 12.5 Å². The molecular weight excluding hydrogens is 190 g/mol. The van der Waals surface area contributed by atoms with Crippen molar-refractivity contribution in [2.45, 2.75) is 46.5 Å². The van der Waals surface area contributed by atoms with Gasteiger partial charge in [-0.1, -0.05) is 26.2 Å². The maximum absolute atomic E-state index is 11.3. The molecule has 0 bridgehead atoms. The van der Waals surface area contributed by atoms with Crippen LogP contribution in [0.5, 0.6) is 0 Å². The number of unbranched alkanes of at least 4 members (excludes halogenated alkanes) is 3. The molecule has 3 nitrogen and oxygen atoms in total. The molecular formula is C12H25NO2. The lowest BCUT2D eigenvalue weighted by atomic mass is 9.94. The fourth-order valence-electron chi connectivity index (χ4n) is 1.43. The molecule has 0 aliphatic heterocycles. The van der Waals surface area contributed by atoms with E-state index < -0.39 is 5.41 Å². The summed E-state index contributed by atoms with van der Waals surface area (Å²) in [6.45, 7) is 7.68. The van der Waals surface area contributed by atoms with E-state index in [1.807, 2.05) is 13.8 Å². The van der Waals surface area contributed by atoms with Gasteiger partial charge in [0.2, 0.25) is 0 Å². The van der Waals surface area contributed by atoms with Gasteiger partial charge in [0, 0.05) is 6.54 Å². The summed E-state index contributed by atoms with van der Waals surface area (Å²) < 4.78 is 4.73. The van der Waals surface area contributed by atoms with Crippen molar-refractivity contribution in [3.05, 3.63) is 0 Å². The second-order valence-electron chi connectivity index (χ2n) is 4.61. The average molecular weight is 215 g/mol. The molecule has 0 radical (unpaired) electrons. The van der Waals surface area contributed by atoms with E-state index in [0.29, 0.717) is 6.54 Å². The van der Waals surface area contributed by atoms with Crippen LogP contribution in [0.3, 0.4) is 0 Å². The van der Waals surface area contributed by atoms with Gasteiger partial charge >= 0.3 is 5.97 Å². The number of ether oxygens (including phenoxy) is 1. The predicted molar refractivity (Wildman–Crippen MR) is 62.8 cm³/mol. The van der Waals surface area contributed by atoms with Crippen molar-refractivity contribution in [1.29, 1.82) is 0 Å². The third kappa shape index (κ3) is 6.50. The van der Waals surface area contributed by atoms with Gasteiger partial charge in [0.1, 0.15) is 0 Å². The van der Waals surface area contributed by atoms with E-state index in [4.69, 9.17) is 4.74 Å². The van der Waals surface area contributed by atoms with Gasteiger partial charge in [0.15, 0.2) is 0 Å². The first-order valence-corrected chi connectivity index (χ1v) is 5.83. The standard InChI is InChI=1S/C12H25NO2/c1-5-6-7-8-9-13-10-12(2,3)11(14)15-4/h13H,5-10H2,1-4H3. The summed E-state index contributed by atoms with van der Waals surface area (Å²) in [7, 11) is 1.44. The van der Waals surface area contributed by atoms with E-state index in [1.54, 1.807) is 0 Å². The molecule has 0 heterocycles. The summed E-state index contributed by atoms with van der Waals surface area (Å²) in [6.07, 6.45) is 5.00. The molecule has 3 heteroatoms. The van der Waals surface area contributed by atoms with Gasteiger partial charge in [-0.25, -0.2) is 0 Å². The highest BCUT2D eigenvalue weighted by Crippen LogP contribution is 2.15. The van der Waals surface area contributed by atoms with Gasteiger partial charge in [-0.15, -0.1) is 0 Å². The van der Waals surface area contributed by atoms with Gasteiger partial charge in [-0.3, -0.25) is 4.79 Å². The molecule has 0 saturated heterocycles. The zero-order valence-electron chi connectivity index (χ0n) is 10.6. The number of hydrogen-bond acceptors (Lipinski definition) is 3. The van der Waals surface area contributed by atoms with Crippen molar-refractivity contribution in [3.63, 3.8) is 0 Å². The van der Waals surface area contributed by atoms with Crippen molar-refractivity contribution < 1.29 is 9.53 Å². The van der Waals surface area contributed by atoms with E-state index in [0.717, 1.165) is 6.54 Å². The fourth-order valence-corrected chi connectivity index (χ4v) is 1.43. The first-order valence-electron chi connectivity index (χ1n) is 5.83. The molecule has 0 aliphatic carbocycles. The first-order chi connectivity index (χ1) is 7.04. The van der Waals surface area contributed by atoms with Crippen LogP contribution in [0, 0.1) is 5.41 Å². The molecule has 0 aromatic rings. The van der Waals surface area contributed by atoms with Crippen LogP contribution in [-0.4, -0.2) is 26.2 Å². The zero-order valence-corrected chi connectivity index (χ0v) is 10.6. The molecule has 1 N–H and O–H groups in total. The Morgan fingerprint density at radius 2 is 1.93 bits per heavy atom. The molecule has 0 rings (SSSR count).